The van der Waals surface area contributed by atoms with Crippen molar-refractivity contribution in [2.24, 2.45) is 0 Å². The summed E-state index contributed by atoms with van der Waals surface area (Å²) in [7, 11) is 0. The van der Waals surface area contributed by atoms with E-state index in [1.807, 2.05) is 6.92 Å². The van der Waals surface area contributed by atoms with Crippen molar-refractivity contribution in [2.75, 3.05) is 6.61 Å². The molecule has 0 heterocycles. The molecule has 0 spiro atoms. The first kappa shape index (κ1) is 27.9. The van der Waals surface area contributed by atoms with Crippen LogP contribution in [0, 0.1) is 0 Å². The molecule has 0 aromatic heterocycles. The van der Waals surface area contributed by atoms with Gasteiger partial charge in [0.2, 0.25) is 0 Å². The second-order valence-electron chi connectivity index (χ2n) is 8.27. The average Bonchev–Trinajstić information content (AvgIpc) is 2.72. The van der Waals surface area contributed by atoms with E-state index in [0.29, 0.717) is 6.61 Å². The van der Waals surface area contributed by atoms with E-state index in [-0.39, 0.29) is 30.9 Å². The van der Waals surface area contributed by atoms with Crippen molar-refractivity contribution >= 4 is 11.9 Å². The lowest BCUT2D eigenvalue weighted by Crippen LogP contribution is -2.18. The number of hydrogen-bond acceptors (Lipinski definition) is 4. The summed E-state index contributed by atoms with van der Waals surface area (Å²) >= 11 is 0. The van der Waals surface area contributed by atoms with E-state index < -0.39 is 0 Å². The number of unbranched alkanes of at least 4 members (excludes halogenated alkanes) is 12. The highest BCUT2D eigenvalue weighted by atomic mass is 16.5. The molecular formula is C25H48O4. The minimum atomic E-state index is -0.289. The predicted molar refractivity (Wildman–Crippen MR) is 121 cm³/mol. The molecule has 0 saturated heterocycles. The Balaban J connectivity index is 3.38. The van der Waals surface area contributed by atoms with Crippen LogP contribution < -0.4 is 0 Å². The van der Waals surface area contributed by atoms with Gasteiger partial charge in [-0.15, -0.1) is 0 Å². The van der Waals surface area contributed by atoms with Crippen molar-refractivity contribution in [3.8, 4) is 0 Å². The molecule has 0 aromatic carbocycles. The van der Waals surface area contributed by atoms with Crippen LogP contribution >= 0.6 is 0 Å². The molecule has 0 aliphatic rings. The smallest absolute Gasteiger partial charge is 0.306 e. The SMILES string of the molecule is CCCCCCCCCCCCCCCOC(=O)CCC(=O)OC(CC)CCC. The maximum absolute atomic E-state index is 11.8. The van der Waals surface area contributed by atoms with E-state index in [9.17, 15) is 9.59 Å². The minimum Gasteiger partial charge on any atom is -0.466 e. The summed E-state index contributed by atoms with van der Waals surface area (Å²) < 4.78 is 10.6. The summed E-state index contributed by atoms with van der Waals surface area (Å²) in [5.41, 5.74) is 0. The zero-order valence-electron chi connectivity index (χ0n) is 19.6. The molecule has 0 fully saturated rings. The molecule has 0 bridgehead atoms. The highest BCUT2D eigenvalue weighted by molar-refractivity contribution is 5.77. The molecular weight excluding hydrogens is 364 g/mol. The van der Waals surface area contributed by atoms with E-state index in [1.165, 1.54) is 70.6 Å². The number of rotatable bonds is 21. The Morgan fingerprint density at radius 1 is 0.621 bits per heavy atom. The lowest BCUT2D eigenvalue weighted by atomic mass is 10.0. The molecule has 1 atom stereocenters. The largest absolute Gasteiger partial charge is 0.466 e. The van der Waals surface area contributed by atoms with Crippen LogP contribution in [0.15, 0.2) is 0 Å². The highest BCUT2D eigenvalue weighted by Gasteiger charge is 2.13. The molecule has 0 N–H and O–H groups in total. The topological polar surface area (TPSA) is 52.6 Å². The summed E-state index contributed by atoms with van der Waals surface area (Å²) in [6.07, 6.45) is 19.8. The summed E-state index contributed by atoms with van der Waals surface area (Å²) in [6, 6.07) is 0. The van der Waals surface area contributed by atoms with Crippen LogP contribution in [0.5, 0.6) is 0 Å². The van der Waals surface area contributed by atoms with Gasteiger partial charge in [-0.3, -0.25) is 9.59 Å². The van der Waals surface area contributed by atoms with Gasteiger partial charge in [0.05, 0.1) is 19.4 Å². The fourth-order valence-corrected chi connectivity index (χ4v) is 3.50. The van der Waals surface area contributed by atoms with Crippen LogP contribution in [0.1, 0.15) is 136 Å². The van der Waals surface area contributed by atoms with Crippen molar-refractivity contribution < 1.29 is 19.1 Å². The normalized spacial score (nSPS) is 12.0. The number of esters is 2. The number of hydrogen-bond donors (Lipinski definition) is 0. The first-order valence-corrected chi connectivity index (χ1v) is 12.5. The van der Waals surface area contributed by atoms with Crippen LogP contribution in [0.2, 0.25) is 0 Å². The zero-order chi connectivity index (χ0) is 21.6. The second kappa shape index (κ2) is 21.6. The first-order chi connectivity index (χ1) is 14.1. The van der Waals surface area contributed by atoms with Crippen molar-refractivity contribution in [3.63, 3.8) is 0 Å². The summed E-state index contributed by atoms with van der Waals surface area (Å²) in [4.78, 5) is 23.5. The predicted octanol–water partition coefficient (Wildman–Crippen LogP) is 7.52. The third-order valence-corrected chi connectivity index (χ3v) is 5.41. The third-order valence-electron chi connectivity index (χ3n) is 5.41. The van der Waals surface area contributed by atoms with Gasteiger partial charge in [-0.25, -0.2) is 0 Å². The van der Waals surface area contributed by atoms with Crippen LogP contribution in [-0.2, 0) is 19.1 Å². The molecule has 0 radical (unpaired) electrons. The molecule has 0 aliphatic carbocycles. The molecule has 4 heteroatoms. The fourth-order valence-electron chi connectivity index (χ4n) is 3.50. The van der Waals surface area contributed by atoms with E-state index >= 15 is 0 Å². The molecule has 29 heavy (non-hydrogen) atoms. The molecule has 0 aliphatic heterocycles. The van der Waals surface area contributed by atoms with Crippen LogP contribution in [-0.4, -0.2) is 24.6 Å². The minimum absolute atomic E-state index is 0.0192. The Labute approximate surface area is 180 Å². The standard InChI is InChI=1S/C25H48O4/c1-4-7-8-9-10-11-12-13-14-15-16-17-18-22-28-24(26)20-21-25(27)29-23(6-3)19-5-2/h23H,4-22H2,1-3H3. The number of carbonyl (C=O) groups excluding carboxylic acids is 2. The molecule has 0 rings (SSSR count). The molecule has 4 nitrogen and oxygen atoms in total. The van der Waals surface area contributed by atoms with Crippen molar-refractivity contribution in [1.29, 1.82) is 0 Å². The van der Waals surface area contributed by atoms with Gasteiger partial charge < -0.3 is 9.47 Å². The van der Waals surface area contributed by atoms with Crippen molar-refractivity contribution in [1.82, 2.24) is 0 Å². The quantitative estimate of drug-likeness (QED) is 0.144. The van der Waals surface area contributed by atoms with Crippen molar-refractivity contribution in [2.45, 2.75) is 142 Å². The Bertz CT molecular complexity index is 381. The summed E-state index contributed by atoms with van der Waals surface area (Å²) in [6.45, 7) is 6.82. The van der Waals surface area contributed by atoms with Gasteiger partial charge in [-0.2, -0.15) is 0 Å². The van der Waals surface area contributed by atoms with Gasteiger partial charge in [-0.05, 0) is 19.3 Å². The van der Waals surface area contributed by atoms with Gasteiger partial charge >= 0.3 is 11.9 Å². The second-order valence-corrected chi connectivity index (χ2v) is 8.27. The van der Waals surface area contributed by atoms with Gasteiger partial charge in [0.15, 0.2) is 0 Å². The van der Waals surface area contributed by atoms with Gasteiger partial charge in [0, 0.05) is 0 Å². The molecule has 1 unspecified atom stereocenters. The summed E-state index contributed by atoms with van der Waals surface area (Å²) in [5, 5.41) is 0. The third kappa shape index (κ3) is 20.0. The monoisotopic (exact) mass is 412 g/mol. The maximum atomic E-state index is 11.8. The van der Waals surface area contributed by atoms with Gasteiger partial charge in [0.1, 0.15) is 6.10 Å². The number of ether oxygens (including phenoxy) is 2. The number of carbonyl (C=O) groups is 2. The maximum Gasteiger partial charge on any atom is 0.306 e. The lowest BCUT2D eigenvalue weighted by Gasteiger charge is -2.15. The van der Waals surface area contributed by atoms with Crippen LogP contribution in [0.3, 0.4) is 0 Å². The van der Waals surface area contributed by atoms with Gasteiger partial charge in [-0.1, -0.05) is 104 Å². The molecule has 0 aromatic rings. The van der Waals surface area contributed by atoms with Gasteiger partial charge in [0.25, 0.3) is 0 Å². The summed E-state index contributed by atoms with van der Waals surface area (Å²) in [5.74, 6) is -0.576. The molecule has 0 amide bonds. The van der Waals surface area contributed by atoms with E-state index in [2.05, 4.69) is 13.8 Å². The molecule has 172 valence electrons. The van der Waals surface area contributed by atoms with Crippen molar-refractivity contribution in [3.05, 3.63) is 0 Å². The van der Waals surface area contributed by atoms with Crippen LogP contribution in [0.25, 0.3) is 0 Å². The van der Waals surface area contributed by atoms with E-state index in [4.69, 9.17) is 9.47 Å². The van der Waals surface area contributed by atoms with E-state index in [0.717, 1.165) is 32.1 Å². The zero-order valence-corrected chi connectivity index (χ0v) is 19.6. The van der Waals surface area contributed by atoms with E-state index in [1.54, 1.807) is 0 Å². The first-order valence-electron chi connectivity index (χ1n) is 12.5. The highest BCUT2D eigenvalue weighted by Crippen LogP contribution is 2.13. The fraction of sp³-hybridized carbons (Fsp3) is 0.920. The Morgan fingerprint density at radius 2 is 1.10 bits per heavy atom. The Kier molecular flexibility index (Phi) is 20.9. The average molecular weight is 413 g/mol. The lowest BCUT2D eigenvalue weighted by molar-refractivity contribution is -0.154. The Hall–Kier alpha value is -1.06. The Morgan fingerprint density at radius 3 is 1.59 bits per heavy atom. The molecule has 0 saturated carbocycles. The van der Waals surface area contributed by atoms with Crippen LogP contribution in [0.4, 0.5) is 0 Å².